The van der Waals surface area contributed by atoms with Crippen LogP contribution in [-0.2, 0) is 4.79 Å². The van der Waals surface area contributed by atoms with E-state index in [4.69, 9.17) is 11.6 Å². The molecule has 0 bridgehead atoms. The third kappa shape index (κ3) is 4.28. The second-order valence-electron chi connectivity index (χ2n) is 7.23. The lowest BCUT2D eigenvalue weighted by atomic mass is 10.1. The van der Waals surface area contributed by atoms with Crippen LogP contribution in [0.5, 0.6) is 0 Å². The second-order valence-corrected chi connectivity index (χ2v) is 8.53. The number of carbonyl (C=O) groups is 1. The fourth-order valence-electron chi connectivity index (χ4n) is 4.17. The molecule has 0 saturated carbocycles. The molecule has 7 heteroatoms. The molecular weight excluding hydrogens is 380 g/mol. The van der Waals surface area contributed by atoms with E-state index in [0.717, 1.165) is 42.6 Å². The first kappa shape index (κ1) is 18.7. The Bertz CT molecular complexity index is 763. The summed E-state index contributed by atoms with van der Waals surface area (Å²) in [7, 11) is 0. The van der Waals surface area contributed by atoms with Gasteiger partial charge >= 0.3 is 0 Å². The summed E-state index contributed by atoms with van der Waals surface area (Å²) in [4.78, 5) is 21.9. The highest BCUT2D eigenvalue weighted by molar-refractivity contribution is 7.13. The molecule has 1 aromatic carbocycles. The third-order valence-corrected chi connectivity index (χ3v) is 6.55. The first-order valence-electron chi connectivity index (χ1n) is 9.66. The first-order valence-corrected chi connectivity index (χ1v) is 10.9. The van der Waals surface area contributed by atoms with Crippen molar-refractivity contribution in [2.24, 2.45) is 0 Å². The molecule has 2 aliphatic rings. The maximum atomic E-state index is 12.9. The molecule has 2 aromatic rings. The van der Waals surface area contributed by atoms with Crippen LogP contribution >= 0.6 is 22.9 Å². The number of hydrogen-bond acceptors (Lipinski definition) is 5. The van der Waals surface area contributed by atoms with E-state index in [1.165, 1.54) is 18.4 Å². The molecular formula is C20H25ClN4OS. The van der Waals surface area contributed by atoms with Gasteiger partial charge in [-0.1, -0.05) is 23.7 Å². The van der Waals surface area contributed by atoms with Gasteiger partial charge in [0.25, 0.3) is 0 Å². The van der Waals surface area contributed by atoms with E-state index in [0.29, 0.717) is 6.54 Å². The number of anilines is 1. The van der Waals surface area contributed by atoms with Crippen molar-refractivity contribution in [3.8, 4) is 0 Å². The number of nitrogens with zero attached hydrogens (tertiary/aromatic N) is 3. The molecule has 1 aromatic heterocycles. The summed E-state index contributed by atoms with van der Waals surface area (Å²) in [5.74, 6) is 0.105. The number of carbonyl (C=O) groups excluding carboxylic acids is 1. The van der Waals surface area contributed by atoms with Gasteiger partial charge in [0, 0.05) is 29.7 Å². The predicted octanol–water partition coefficient (Wildman–Crippen LogP) is 3.72. The maximum absolute atomic E-state index is 12.9. The fraction of sp³-hybridized carbons (Fsp3) is 0.500. The normalized spacial score (nSPS) is 21.5. The van der Waals surface area contributed by atoms with Crippen molar-refractivity contribution in [2.75, 3.05) is 31.1 Å². The number of nitrogens with one attached hydrogen (secondary N) is 1. The highest BCUT2D eigenvalue weighted by Gasteiger charge is 2.33. The van der Waals surface area contributed by atoms with Crippen molar-refractivity contribution in [2.45, 2.75) is 37.8 Å². The van der Waals surface area contributed by atoms with E-state index in [2.05, 4.69) is 26.2 Å². The number of aromatic nitrogens is 1. The van der Waals surface area contributed by atoms with Crippen LogP contribution in [0.1, 0.15) is 37.3 Å². The lowest BCUT2D eigenvalue weighted by molar-refractivity contribution is -0.122. The smallest absolute Gasteiger partial charge is 0.242 e. The van der Waals surface area contributed by atoms with Crippen LogP contribution in [0, 0.1) is 0 Å². The minimum atomic E-state index is -0.116. The van der Waals surface area contributed by atoms with Crippen LogP contribution in [0.4, 0.5) is 5.13 Å². The Labute approximate surface area is 169 Å². The molecule has 3 heterocycles. The lowest BCUT2D eigenvalue weighted by Crippen LogP contribution is -2.46. The molecule has 2 saturated heterocycles. The minimum Gasteiger partial charge on any atom is -0.352 e. The Hall–Kier alpha value is -1.63. The van der Waals surface area contributed by atoms with Crippen LogP contribution in [0.2, 0.25) is 5.02 Å². The Balaban J connectivity index is 1.45. The Morgan fingerprint density at radius 3 is 2.89 bits per heavy atom. The van der Waals surface area contributed by atoms with Crippen LogP contribution in [0.15, 0.2) is 35.8 Å². The van der Waals surface area contributed by atoms with Crippen LogP contribution in [0.3, 0.4) is 0 Å². The van der Waals surface area contributed by atoms with Crippen molar-refractivity contribution in [3.63, 3.8) is 0 Å². The standard InChI is InChI=1S/C20H25ClN4OS/c21-16-6-3-5-15(13-16)18(24-9-1-2-10-24)14-23-19(26)17-7-4-11-25(17)20-22-8-12-27-20/h3,5-6,8,12-13,17-18H,1-2,4,7,9-11,14H2,(H,23,26). The maximum Gasteiger partial charge on any atom is 0.242 e. The summed E-state index contributed by atoms with van der Waals surface area (Å²) in [6.45, 7) is 3.65. The molecule has 27 heavy (non-hydrogen) atoms. The van der Waals surface area contributed by atoms with Gasteiger partial charge < -0.3 is 10.2 Å². The lowest BCUT2D eigenvalue weighted by Gasteiger charge is -2.30. The molecule has 2 unspecified atom stereocenters. The van der Waals surface area contributed by atoms with E-state index in [9.17, 15) is 4.79 Å². The largest absolute Gasteiger partial charge is 0.352 e. The molecule has 2 atom stereocenters. The van der Waals surface area contributed by atoms with E-state index in [1.54, 1.807) is 17.5 Å². The summed E-state index contributed by atoms with van der Waals surface area (Å²) in [5, 5.41) is 6.87. The van der Waals surface area contributed by atoms with E-state index >= 15 is 0 Å². The summed E-state index contributed by atoms with van der Waals surface area (Å²) in [5.41, 5.74) is 1.17. The fourth-order valence-corrected chi connectivity index (χ4v) is 5.08. The van der Waals surface area contributed by atoms with Gasteiger partial charge in [-0.25, -0.2) is 4.98 Å². The Kier molecular flexibility index (Phi) is 5.95. The van der Waals surface area contributed by atoms with Crippen molar-refractivity contribution in [3.05, 3.63) is 46.4 Å². The SMILES string of the molecule is O=C(NCC(c1cccc(Cl)c1)N1CCCC1)C1CCCN1c1nccs1. The van der Waals surface area contributed by atoms with Crippen molar-refractivity contribution >= 4 is 34.0 Å². The molecule has 4 rings (SSSR count). The number of benzene rings is 1. The van der Waals surface area contributed by atoms with E-state index < -0.39 is 0 Å². The average molecular weight is 405 g/mol. The van der Waals surface area contributed by atoms with Gasteiger partial charge in [0.15, 0.2) is 5.13 Å². The van der Waals surface area contributed by atoms with Gasteiger partial charge in [0.05, 0.1) is 6.04 Å². The molecule has 2 fully saturated rings. The van der Waals surface area contributed by atoms with E-state index in [-0.39, 0.29) is 18.0 Å². The molecule has 1 amide bonds. The number of halogens is 1. The molecule has 0 aliphatic carbocycles. The summed E-state index contributed by atoms with van der Waals surface area (Å²) < 4.78 is 0. The molecule has 1 N–H and O–H groups in total. The molecule has 0 radical (unpaired) electrons. The van der Waals surface area contributed by atoms with Gasteiger partial charge in [-0.2, -0.15) is 0 Å². The van der Waals surface area contributed by atoms with Crippen LogP contribution < -0.4 is 10.2 Å². The van der Waals surface area contributed by atoms with Gasteiger partial charge in [-0.3, -0.25) is 9.69 Å². The quantitative estimate of drug-likeness (QED) is 0.797. The number of thiazole rings is 1. The number of rotatable bonds is 6. The first-order chi connectivity index (χ1) is 13.2. The van der Waals surface area contributed by atoms with Crippen LogP contribution in [-0.4, -0.2) is 48.0 Å². The second kappa shape index (κ2) is 8.59. The Morgan fingerprint density at radius 2 is 2.15 bits per heavy atom. The van der Waals surface area contributed by atoms with Crippen LogP contribution in [0.25, 0.3) is 0 Å². The number of amides is 1. The van der Waals surface area contributed by atoms with Gasteiger partial charge in [-0.15, -0.1) is 11.3 Å². The Morgan fingerprint density at radius 1 is 1.30 bits per heavy atom. The van der Waals surface area contributed by atoms with Gasteiger partial charge in [-0.05, 0) is 56.5 Å². The monoisotopic (exact) mass is 404 g/mol. The number of likely N-dealkylation sites (tertiary alicyclic amines) is 1. The summed E-state index contributed by atoms with van der Waals surface area (Å²) >= 11 is 7.82. The van der Waals surface area contributed by atoms with Gasteiger partial charge in [0.1, 0.15) is 6.04 Å². The zero-order valence-corrected chi connectivity index (χ0v) is 16.9. The minimum absolute atomic E-state index is 0.105. The highest BCUT2D eigenvalue weighted by Crippen LogP contribution is 2.29. The zero-order valence-electron chi connectivity index (χ0n) is 15.3. The zero-order chi connectivity index (χ0) is 18.6. The van der Waals surface area contributed by atoms with Crippen molar-refractivity contribution in [1.29, 1.82) is 0 Å². The highest BCUT2D eigenvalue weighted by atomic mass is 35.5. The van der Waals surface area contributed by atoms with Gasteiger partial charge in [0.2, 0.25) is 5.91 Å². The summed E-state index contributed by atoms with van der Waals surface area (Å²) in [6.07, 6.45) is 6.14. The average Bonchev–Trinajstić information content (AvgIpc) is 3.42. The predicted molar refractivity (Wildman–Crippen MR) is 110 cm³/mol. The molecule has 0 spiro atoms. The molecule has 5 nitrogen and oxygen atoms in total. The van der Waals surface area contributed by atoms with Crippen molar-refractivity contribution < 1.29 is 4.79 Å². The number of hydrogen-bond donors (Lipinski definition) is 1. The molecule has 144 valence electrons. The third-order valence-electron chi connectivity index (χ3n) is 5.50. The van der Waals surface area contributed by atoms with Crippen molar-refractivity contribution in [1.82, 2.24) is 15.2 Å². The molecule has 2 aliphatic heterocycles. The van der Waals surface area contributed by atoms with E-state index in [1.807, 2.05) is 23.6 Å². The summed E-state index contributed by atoms with van der Waals surface area (Å²) in [6, 6.07) is 8.07. The topological polar surface area (TPSA) is 48.5 Å².